The average Bonchev–Trinajstić information content (AvgIpc) is 2.97. The van der Waals surface area contributed by atoms with Gasteiger partial charge in [-0.25, -0.2) is 4.98 Å². The van der Waals surface area contributed by atoms with E-state index >= 15 is 0 Å². The predicted octanol–water partition coefficient (Wildman–Crippen LogP) is 3.23. The first-order valence-electron chi connectivity index (χ1n) is 8.62. The van der Waals surface area contributed by atoms with Crippen LogP contribution in [-0.4, -0.2) is 34.5 Å². The Hall–Kier alpha value is -1.01. The molecule has 2 unspecified atom stereocenters. The van der Waals surface area contributed by atoms with Crippen molar-refractivity contribution in [1.82, 2.24) is 20.2 Å². The minimum absolute atomic E-state index is 0. The Morgan fingerprint density at radius 1 is 1.42 bits per heavy atom. The number of nitrogens with zero attached hydrogens (tertiary/aromatic N) is 3. The summed E-state index contributed by atoms with van der Waals surface area (Å²) in [5.74, 6) is 0.818. The third-order valence-corrected chi connectivity index (χ3v) is 6.10. The van der Waals surface area contributed by atoms with E-state index in [0.717, 1.165) is 32.1 Å². The van der Waals surface area contributed by atoms with E-state index in [1.165, 1.54) is 40.4 Å². The molecule has 1 fully saturated rings. The fraction of sp³-hybridized carbons (Fsp3) is 0.556. The zero-order chi connectivity index (χ0) is 15.6. The van der Waals surface area contributed by atoms with Crippen LogP contribution >= 0.6 is 23.7 Å². The number of aromatic nitrogens is 2. The van der Waals surface area contributed by atoms with Crippen molar-refractivity contribution in [3.05, 3.63) is 45.7 Å². The molecule has 0 bridgehead atoms. The standard InChI is InChI=1S/C18H24N4S.ClH/c1-13-4-5-15-17(9-13)23-18(21-15)12-22-8-7-20-11-16(22)14-3-2-6-19-10-14;/h2-3,6,10,13,16,20H,4-5,7-9,11-12H2,1H3;1H. The van der Waals surface area contributed by atoms with Crippen molar-refractivity contribution in [3.63, 3.8) is 0 Å². The molecule has 6 heteroatoms. The Bertz CT molecular complexity index is 660. The molecule has 4 nitrogen and oxygen atoms in total. The van der Waals surface area contributed by atoms with Crippen LogP contribution in [-0.2, 0) is 19.4 Å². The highest BCUT2D eigenvalue weighted by Gasteiger charge is 2.26. The highest BCUT2D eigenvalue weighted by molar-refractivity contribution is 7.11. The number of fused-ring (bicyclic) bond motifs is 1. The van der Waals surface area contributed by atoms with E-state index in [4.69, 9.17) is 4.98 Å². The maximum atomic E-state index is 4.95. The molecule has 0 saturated carbocycles. The molecule has 1 N–H and O–H groups in total. The van der Waals surface area contributed by atoms with Crippen molar-refractivity contribution >= 4 is 23.7 Å². The first-order valence-corrected chi connectivity index (χ1v) is 9.43. The number of halogens is 1. The molecule has 0 amide bonds. The van der Waals surface area contributed by atoms with Crippen molar-refractivity contribution < 1.29 is 0 Å². The normalized spacial score (nSPS) is 24.2. The smallest absolute Gasteiger partial charge is 0.107 e. The zero-order valence-electron chi connectivity index (χ0n) is 14.1. The van der Waals surface area contributed by atoms with Crippen LogP contribution in [0.15, 0.2) is 24.5 Å². The van der Waals surface area contributed by atoms with Gasteiger partial charge in [-0.3, -0.25) is 9.88 Å². The number of hydrogen-bond acceptors (Lipinski definition) is 5. The maximum absolute atomic E-state index is 4.95. The zero-order valence-corrected chi connectivity index (χ0v) is 15.7. The van der Waals surface area contributed by atoms with E-state index in [2.05, 4.69) is 28.2 Å². The van der Waals surface area contributed by atoms with E-state index in [-0.39, 0.29) is 12.4 Å². The van der Waals surface area contributed by atoms with Crippen LogP contribution in [0.1, 0.15) is 40.5 Å². The summed E-state index contributed by atoms with van der Waals surface area (Å²) >= 11 is 1.94. The van der Waals surface area contributed by atoms with Gasteiger partial charge in [0.15, 0.2) is 0 Å². The van der Waals surface area contributed by atoms with Gasteiger partial charge in [-0.15, -0.1) is 23.7 Å². The predicted molar refractivity (Wildman–Crippen MR) is 101 cm³/mol. The van der Waals surface area contributed by atoms with Gasteiger partial charge in [-0.2, -0.15) is 0 Å². The highest BCUT2D eigenvalue weighted by Crippen LogP contribution is 2.31. The molecule has 1 aliphatic heterocycles. The quantitative estimate of drug-likeness (QED) is 0.907. The molecule has 3 heterocycles. The number of hydrogen-bond donors (Lipinski definition) is 1. The van der Waals surface area contributed by atoms with E-state index in [1.54, 1.807) is 0 Å². The number of rotatable bonds is 3. The molecular weight excluding hydrogens is 340 g/mol. The molecule has 0 aromatic carbocycles. The van der Waals surface area contributed by atoms with E-state index in [1.807, 2.05) is 29.8 Å². The summed E-state index contributed by atoms with van der Waals surface area (Å²) in [4.78, 5) is 13.3. The third kappa shape index (κ3) is 3.80. The minimum atomic E-state index is 0. The van der Waals surface area contributed by atoms with E-state index in [9.17, 15) is 0 Å². The van der Waals surface area contributed by atoms with Crippen LogP contribution in [0.5, 0.6) is 0 Å². The first kappa shape index (κ1) is 17.8. The van der Waals surface area contributed by atoms with Crippen molar-refractivity contribution in [3.8, 4) is 0 Å². The summed E-state index contributed by atoms with van der Waals surface area (Å²) < 4.78 is 0. The number of piperazine rings is 1. The van der Waals surface area contributed by atoms with Crippen LogP contribution in [0, 0.1) is 5.92 Å². The van der Waals surface area contributed by atoms with Gasteiger partial charge in [-0.1, -0.05) is 13.0 Å². The lowest BCUT2D eigenvalue weighted by Crippen LogP contribution is -2.45. The van der Waals surface area contributed by atoms with Gasteiger partial charge >= 0.3 is 0 Å². The second-order valence-electron chi connectivity index (χ2n) is 6.80. The summed E-state index contributed by atoms with van der Waals surface area (Å²) in [5.41, 5.74) is 2.67. The number of thiazole rings is 1. The van der Waals surface area contributed by atoms with Crippen LogP contribution in [0.2, 0.25) is 0 Å². The van der Waals surface area contributed by atoms with Gasteiger partial charge in [0.25, 0.3) is 0 Å². The fourth-order valence-corrected chi connectivity index (χ4v) is 4.98. The van der Waals surface area contributed by atoms with Crippen LogP contribution in [0.25, 0.3) is 0 Å². The topological polar surface area (TPSA) is 41.1 Å². The summed E-state index contributed by atoms with van der Waals surface area (Å²) in [5, 5.41) is 4.81. The molecule has 130 valence electrons. The van der Waals surface area contributed by atoms with Gasteiger partial charge in [0.05, 0.1) is 12.2 Å². The highest BCUT2D eigenvalue weighted by atomic mass is 35.5. The van der Waals surface area contributed by atoms with Crippen molar-refractivity contribution in [2.45, 2.75) is 38.8 Å². The van der Waals surface area contributed by atoms with Crippen LogP contribution in [0.3, 0.4) is 0 Å². The van der Waals surface area contributed by atoms with Crippen molar-refractivity contribution in [2.75, 3.05) is 19.6 Å². The summed E-state index contributed by atoms with van der Waals surface area (Å²) in [6.07, 6.45) is 7.53. The first-order chi connectivity index (χ1) is 11.3. The van der Waals surface area contributed by atoms with Gasteiger partial charge < -0.3 is 5.32 Å². The monoisotopic (exact) mass is 364 g/mol. The molecule has 4 rings (SSSR count). The van der Waals surface area contributed by atoms with Gasteiger partial charge in [-0.05, 0) is 36.8 Å². The number of nitrogens with one attached hydrogen (secondary N) is 1. The fourth-order valence-electron chi connectivity index (χ4n) is 3.67. The molecule has 1 saturated heterocycles. The Kier molecular flexibility index (Phi) is 5.87. The van der Waals surface area contributed by atoms with Gasteiger partial charge in [0, 0.05) is 42.9 Å². The minimum Gasteiger partial charge on any atom is -0.314 e. The second-order valence-corrected chi connectivity index (χ2v) is 7.97. The molecule has 24 heavy (non-hydrogen) atoms. The molecule has 2 atom stereocenters. The van der Waals surface area contributed by atoms with E-state index in [0.29, 0.717) is 6.04 Å². The molecule has 2 aliphatic rings. The summed E-state index contributed by atoms with van der Waals surface area (Å²) in [7, 11) is 0. The molecule has 2 aromatic rings. The summed E-state index contributed by atoms with van der Waals surface area (Å²) in [6, 6.07) is 4.62. The molecule has 1 aliphatic carbocycles. The Morgan fingerprint density at radius 3 is 3.17 bits per heavy atom. The molecule has 0 radical (unpaired) electrons. The molecular formula is C18H25ClN4S. The third-order valence-electron chi connectivity index (χ3n) is 4.99. The lowest BCUT2D eigenvalue weighted by atomic mass is 9.93. The van der Waals surface area contributed by atoms with Gasteiger partial charge in [0.1, 0.15) is 5.01 Å². The molecule has 0 spiro atoms. The SMILES string of the molecule is CC1CCc2nc(CN3CCNCC3c3cccnc3)sc2C1.Cl. The summed E-state index contributed by atoms with van der Waals surface area (Å²) in [6.45, 7) is 6.44. The Balaban J connectivity index is 0.00000169. The Labute approximate surface area is 154 Å². The lowest BCUT2D eigenvalue weighted by Gasteiger charge is -2.35. The van der Waals surface area contributed by atoms with Crippen LogP contribution < -0.4 is 5.32 Å². The Morgan fingerprint density at radius 2 is 2.33 bits per heavy atom. The lowest BCUT2D eigenvalue weighted by molar-refractivity contribution is 0.153. The largest absolute Gasteiger partial charge is 0.314 e. The van der Waals surface area contributed by atoms with Crippen molar-refractivity contribution in [1.29, 1.82) is 0 Å². The average molecular weight is 365 g/mol. The number of pyridine rings is 1. The molecule has 2 aromatic heterocycles. The van der Waals surface area contributed by atoms with Crippen LogP contribution in [0.4, 0.5) is 0 Å². The maximum Gasteiger partial charge on any atom is 0.107 e. The van der Waals surface area contributed by atoms with Gasteiger partial charge in [0.2, 0.25) is 0 Å². The van der Waals surface area contributed by atoms with Crippen molar-refractivity contribution in [2.24, 2.45) is 5.92 Å². The van der Waals surface area contributed by atoms with E-state index < -0.39 is 0 Å². The second kappa shape index (κ2) is 7.91. The number of aryl methyl sites for hydroxylation is 1.